The second-order valence-corrected chi connectivity index (χ2v) is 5.11. The number of para-hydroxylation sites is 2. The van der Waals surface area contributed by atoms with Gasteiger partial charge in [-0.15, -0.1) is 0 Å². The fourth-order valence-electron chi connectivity index (χ4n) is 2.01. The largest absolute Gasteiger partial charge is 0.464 e. The Balaban J connectivity index is 2.51. The average molecular weight is 296 g/mol. The number of ether oxygens (including phenoxy) is 1. The average Bonchev–Trinajstić information content (AvgIpc) is 2.56. The van der Waals surface area contributed by atoms with Crippen LogP contribution in [0.3, 0.4) is 0 Å². The third-order valence-corrected chi connectivity index (χ3v) is 3.15. The minimum Gasteiger partial charge on any atom is -0.464 e. The van der Waals surface area contributed by atoms with Crippen LogP contribution in [0.15, 0.2) is 65.8 Å². The minimum atomic E-state index is -0.410. The van der Waals surface area contributed by atoms with Gasteiger partial charge in [0.2, 0.25) is 0 Å². The summed E-state index contributed by atoms with van der Waals surface area (Å²) in [4.78, 5) is 12.0. The van der Waals surface area contributed by atoms with E-state index in [-0.39, 0.29) is 5.92 Å². The Kier molecular flexibility index (Phi) is 5.31. The van der Waals surface area contributed by atoms with E-state index in [1.54, 1.807) is 5.01 Å². The smallest absolute Gasteiger partial charge is 0.354 e. The van der Waals surface area contributed by atoms with Crippen molar-refractivity contribution in [2.45, 2.75) is 13.8 Å². The quantitative estimate of drug-likeness (QED) is 0.475. The first-order chi connectivity index (χ1) is 10.6. The second-order valence-electron chi connectivity index (χ2n) is 5.11. The highest BCUT2D eigenvalue weighted by molar-refractivity contribution is 6.37. The molecule has 2 rings (SSSR count). The minimum absolute atomic E-state index is 0.0395. The van der Waals surface area contributed by atoms with Crippen LogP contribution in [-0.4, -0.2) is 18.8 Å². The summed E-state index contributed by atoms with van der Waals surface area (Å²) in [5.74, 6) is -0.450. The molecule has 2 aromatic rings. The Hall–Kier alpha value is -2.62. The standard InChI is InChI=1S/C18H20N2O2/c1-14(2)17(18(21)22-3)19-20(15-10-6-4-7-11-15)16-12-8-5-9-13-16/h4-14H,1-3H3/b19-17+. The molecule has 2 aromatic carbocycles. The molecule has 0 aromatic heterocycles. The summed E-state index contributed by atoms with van der Waals surface area (Å²) in [6.07, 6.45) is 0. The highest BCUT2D eigenvalue weighted by atomic mass is 16.5. The molecule has 0 amide bonds. The lowest BCUT2D eigenvalue weighted by Gasteiger charge is -2.21. The number of esters is 1. The number of rotatable bonds is 5. The summed E-state index contributed by atoms with van der Waals surface area (Å²) in [6, 6.07) is 19.4. The first kappa shape index (κ1) is 15.8. The number of hydrogen-bond acceptors (Lipinski definition) is 4. The van der Waals surface area contributed by atoms with Crippen LogP contribution in [0.25, 0.3) is 0 Å². The van der Waals surface area contributed by atoms with Gasteiger partial charge in [0.05, 0.1) is 18.5 Å². The molecule has 0 spiro atoms. The molecular weight excluding hydrogens is 276 g/mol. The van der Waals surface area contributed by atoms with Gasteiger partial charge in [0.15, 0.2) is 0 Å². The lowest BCUT2D eigenvalue weighted by molar-refractivity contribution is -0.133. The van der Waals surface area contributed by atoms with E-state index in [1.807, 2.05) is 74.5 Å². The van der Waals surface area contributed by atoms with E-state index in [9.17, 15) is 4.79 Å². The fraction of sp³-hybridized carbons (Fsp3) is 0.222. The summed E-state index contributed by atoms with van der Waals surface area (Å²) in [7, 11) is 1.37. The Morgan fingerprint density at radius 3 is 1.77 bits per heavy atom. The molecule has 0 aliphatic carbocycles. The van der Waals surface area contributed by atoms with Crippen LogP contribution in [0, 0.1) is 5.92 Å². The molecule has 114 valence electrons. The molecule has 4 nitrogen and oxygen atoms in total. The van der Waals surface area contributed by atoms with Gasteiger partial charge in [-0.05, 0) is 24.3 Å². The van der Waals surface area contributed by atoms with Crippen LogP contribution in [0.5, 0.6) is 0 Å². The van der Waals surface area contributed by atoms with E-state index < -0.39 is 5.97 Å². The van der Waals surface area contributed by atoms with E-state index in [1.165, 1.54) is 7.11 Å². The molecule has 0 aliphatic heterocycles. The van der Waals surface area contributed by atoms with Crippen molar-refractivity contribution in [1.82, 2.24) is 0 Å². The van der Waals surface area contributed by atoms with Crippen molar-refractivity contribution >= 4 is 23.1 Å². The molecule has 4 heteroatoms. The van der Waals surface area contributed by atoms with Crippen molar-refractivity contribution in [3.8, 4) is 0 Å². The molecule has 0 saturated heterocycles. The number of hydrogen-bond donors (Lipinski definition) is 0. The molecular formula is C18H20N2O2. The van der Waals surface area contributed by atoms with Crippen molar-refractivity contribution in [3.63, 3.8) is 0 Å². The van der Waals surface area contributed by atoms with Crippen LogP contribution in [0.4, 0.5) is 11.4 Å². The van der Waals surface area contributed by atoms with Crippen LogP contribution >= 0.6 is 0 Å². The number of hydrazone groups is 1. The summed E-state index contributed by atoms with van der Waals surface area (Å²) >= 11 is 0. The third-order valence-electron chi connectivity index (χ3n) is 3.15. The maximum atomic E-state index is 12.0. The van der Waals surface area contributed by atoms with Crippen LogP contribution in [0.2, 0.25) is 0 Å². The normalized spacial score (nSPS) is 11.4. The molecule has 0 fully saturated rings. The Morgan fingerprint density at radius 2 is 1.41 bits per heavy atom. The van der Waals surface area contributed by atoms with Gasteiger partial charge in [0.1, 0.15) is 5.71 Å². The zero-order chi connectivity index (χ0) is 15.9. The number of anilines is 2. The van der Waals surface area contributed by atoms with Crippen LogP contribution in [0.1, 0.15) is 13.8 Å². The van der Waals surface area contributed by atoms with Gasteiger partial charge in [-0.1, -0.05) is 50.2 Å². The lowest BCUT2D eigenvalue weighted by Crippen LogP contribution is -2.25. The van der Waals surface area contributed by atoms with E-state index in [2.05, 4.69) is 5.10 Å². The Labute approximate surface area is 131 Å². The lowest BCUT2D eigenvalue weighted by atomic mass is 10.1. The van der Waals surface area contributed by atoms with Gasteiger partial charge in [0.25, 0.3) is 0 Å². The highest BCUT2D eigenvalue weighted by Crippen LogP contribution is 2.26. The van der Waals surface area contributed by atoms with Crippen molar-refractivity contribution < 1.29 is 9.53 Å². The number of benzene rings is 2. The third kappa shape index (κ3) is 3.73. The van der Waals surface area contributed by atoms with Gasteiger partial charge < -0.3 is 4.74 Å². The van der Waals surface area contributed by atoms with Crippen molar-refractivity contribution in [2.24, 2.45) is 11.0 Å². The Bertz CT molecular complexity index is 597. The molecule has 0 saturated carbocycles. The molecule has 22 heavy (non-hydrogen) atoms. The van der Waals surface area contributed by atoms with E-state index in [0.29, 0.717) is 5.71 Å². The molecule has 0 radical (unpaired) electrons. The first-order valence-electron chi connectivity index (χ1n) is 7.20. The van der Waals surface area contributed by atoms with Crippen LogP contribution in [-0.2, 0) is 9.53 Å². The van der Waals surface area contributed by atoms with Crippen molar-refractivity contribution in [1.29, 1.82) is 0 Å². The fourth-order valence-corrected chi connectivity index (χ4v) is 2.01. The summed E-state index contributed by atoms with van der Waals surface area (Å²) in [5, 5.41) is 6.32. The number of carbonyl (C=O) groups is 1. The highest BCUT2D eigenvalue weighted by Gasteiger charge is 2.19. The second kappa shape index (κ2) is 7.41. The van der Waals surface area contributed by atoms with Gasteiger partial charge in [-0.3, -0.25) is 0 Å². The SMILES string of the molecule is COC(=O)/C(=N/N(c1ccccc1)c1ccccc1)C(C)C. The monoisotopic (exact) mass is 296 g/mol. The molecule has 0 unspecified atom stereocenters. The first-order valence-corrected chi connectivity index (χ1v) is 7.20. The van der Waals surface area contributed by atoms with Gasteiger partial charge >= 0.3 is 5.97 Å². The Morgan fingerprint density at radius 1 is 0.955 bits per heavy atom. The van der Waals surface area contributed by atoms with Crippen LogP contribution < -0.4 is 5.01 Å². The number of carbonyl (C=O) groups excluding carboxylic acids is 1. The summed E-state index contributed by atoms with van der Waals surface area (Å²) < 4.78 is 4.85. The molecule has 0 bridgehead atoms. The predicted molar refractivity (Wildman–Crippen MR) is 89.3 cm³/mol. The van der Waals surface area contributed by atoms with Crippen molar-refractivity contribution in [3.05, 3.63) is 60.7 Å². The summed E-state index contributed by atoms with van der Waals surface area (Å²) in [6.45, 7) is 3.84. The molecule has 0 heterocycles. The topological polar surface area (TPSA) is 41.9 Å². The van der Waals surface area contributed by atoms with E-state index in [4.69, 9.17) is 4.74 Å². The maximum Gasteiger partial charge on any atom is 0.354 e. The molecule has 0 N–H and O–H groups in total. The molecule has 0 atom stereocenters. The van der Waals surface area contributed by atoms with Gasteiger partial charge in [0, 0.05) is 5.92 Å². The van der Waals surface area contributed by atoms with E-state index >= 15 is 0 Å². The zero-order valence-corrected chi connectivity index (χ0v) is 13.1. The van der Waals surface area contributed by atoms with Crippen molar-refractivity contribution in [2.75, 3.05) is 12.1 Å². The number of methoxy groups -OCH3 is 1. The van der Waals surface area contributed by atoms with Gasteiger partial charge in [-0.2, -0.15) is 5.10 Å². The summed E-state index contributed by atoms with van der Waals surface area (Å²) in [5.41, 5.74) is 2.15. The predicted octanol–water partition coefficient (Wildman–Crippen LogP) is 4.01. The number of nitrogens with zero attached hydrogens (tertiary/aromatic N) is 2. The van der Waals surface area contributed by atoms with Gasteiger partial charge in [-0.25, -0.2) is 9.80 Å². The van der Waals surface area contributed by atoms with E-state index in [0.717, 1.165) is 11.4 Å². The molecule has 0 aliphatic rings. The zero-order valence-electron chi connectivity index (χ0n) is 13.1. The maximum absolute atomic E-state index is 12.0.